The van der Waals surface area contributed by atoms with Crippen LogP contribution >= 0.6 is 0 Å². The molecule has 0 atom stereocenters. The minimum atomic E-state index is -0.303. The van der Waals surface area contributed by atoms with Crippen molar-refractivity contribution in [2.24, 2.45) is 0 Å². The van der Waals surface area contributed by atoms with Gasteiger partial charge in [-0.2, -0.15) is 0 Å². The fourth-order valence-corrected chi connectivity index (χ4v) is 2.34. The Morgan fingerprint density at radius 1 is 1.27 bits per heavy atom. The van der Waals surface area contributed by atoms with Gasteiger partial charge in [0.2, 0.25) is 0 Å². The standard InChI is InChI=1S/C13H11N7O2/c21-13(20-4-1-8-10(6-20)17-7-16-8)12-19-18-11(22-12)9-5-14-2-3-15-9/h2-3,5,7H,1,4,6H2,(H,16,17). The Morgan fingerprint density at radius 3 is 3.09 bits per heavy atom. The Morgan fingerprint density at radius 2 is 2.23 bits per heavy atom. The summed E-state index contributed by atoms with van der Waals surface area (Å²) in [5.41, 5.74) is 2.37. The van der Waals surface area contributed by atoms with E-state index in [-0.39, 0.29) is 17.7 Å². The molecule has 0 unspecified atom stereocenters. The molecule has 0 spiro atoms. The number of amides is 1. The Kier molecular flexibility index (Phi) is 2.88. The van der Waals surface area contributed by atoms with Gasteiger partial charge in [-0.25, -0.2) is 9.97 Å². The lowest BCUT2D eigenvalue weighted by Gasteiger charge is -2.24. The molecule has 3 aromatic rings. The summed E-state index contributed by atoms with van der Waals surface area (Å²) < 4.78 is 5.41. The molecule has 9 nitrogen and oxygen atoms in total. The van der Waals surface area contributed by atoms with Gasteiger partial charge in [0.1, 0.15) is 5.69 Å². The van der Waals surface area contributed by atoms with Gasteiger partial charge in [-0.05, 0) is 0 Å². The molecule has 0 saturated heterocycles. The van der Waals surface area contributed by atoms with Crippen LogP contribution in [-0.2, 0) is 13.0 Å². The molecule has 0 fully saturated rings. The average Bonchev–Trinajstić information content (AvgIpc) is 3.23. The van der Waals surface area contributed by atoms with E-state index >= 15 is 0 Å². The molecular formula is C13H11N7O2. The van der Waals surface area contributed by atoms with Gasteiger partial charge >= 0.3 is 11.8 Å². The van der Waals surface area contributed by atoms with E-state index in [0.29, 0.717) is 25.2 Å². The molecule has 1 amide bonds. The van der Waals surface area contributed by atoms with Crippen molar-refractivity contribution in [3.63, 3.8) is 0 Å². The SMILES string of the molecule is O=C(c1nnc(-c2cnccn2)o1)N1CCc2nc[nH]c2C1. The highest BCUT2D eigenvalue weighted by molar-refractivity contribution is 5.89. The molecule has 1 aliphatic rings. The highest BCUT2D eigenvalue weighted by Gasteiger charge is 2.27. The summed E-state index contributed by atoms with van der Waals surface area (Å²) in [6.07, 6.45) is 6.90. The Balaban J connectivity index is 1.56. The number of hydrogen-bond donors (Lipinski definition) is 1. The zero-order chi connectivity index (χ0) is 14.9. The molecule has 0 aromatic carbocycles. The van der Waals surface area contributed by atoms with Crippen molar-refractivity contribution in [1.82, 2.24) is 35.0 Å². The lowest BCUT2D eigenvalue weighted by Crippen LogP contribution is -2.36. The fourth-order valence-electron chi connectivity index (χ4n) is 2.34. The lowest BCUT2D eigenvalue weighted by atomic mass is 10.1. The maximum Gasteiger partial charge on any atom is 0.311 e. The first-order valence-corrected chi connectivity index (χ1v) is 6.71. The van der Waals surface area contributed by atoms with E-state index in [0.717, 1.165) is 11.4 Å². The third-order valence-electron chi connectivity index (χ3n) is 3.45. The van der Waals surface area contributed by atoms with Crippen molar-refractivity contribution in [3.05, 3.63) is 42.2 Å². The largest absolute Gasteiger partial charge is 0.411 e. The monoisotopic (exact) mass is 297 g/mol. The van der Waals surface area contributed by atoms with E-state index in [9.17, 15) is 4.79 Å². The summed E-state index contributed by atoms with van der Waals surface area (Å²) >= 11 is 0. The molecule has 9 heteroatoms. The minimum Gasteiger partial charge on any atom is -0.411 e. The molecular weight excluding hydrogens is 286 g/mol. The van der Waals surface area contributed by atoms with Gasteiger partial charge in [-0.3, -0.25) is 9.78 Å². The molecule has 4 rings (SSSR count). The van der Waals surface area contributed by atoms with Gasteiger partial charge in [-0.1, -0.05) is 0 Å². The summed E-state index contributed by atoms with van der Waals surface area (Å²) in [6.45, 7) is 1.02. The van der Waals surface area contributed by atoms with Crippen LogP contribution in [0.5, 0.6) is 0 Å². The van der Waals surface area contributed by atoms with Crippen molar-refractivity contribution >= 4 is 5.91 Å². The summed E-state index contributed by atoms with van der Waals surface area (Å²) in [7, 11) is 0. The Hall–Kier alpha value is -3.10. The lowest BCUT2D eigenvalue weighted by molar-refractivity contribution is 0.0692. The first-order valence-electron chi connectivity index (χ1n) is 6.71. The number of aromatic nitrogens is 6. The molecule has 4 heterocycles. The zero-order valence-corrected chi connectivity index (χ0v) is 11.4. The van der Waals surface area contributed by atoms with E-state index in [1.54, 1.807) is 17.4 Å². The highest BCUT2D eigenvalue weighted by Crippen LogP contribution is 2.19. The number of H-pyrrole nitrogens is 1. The number of fused-ring (bicyclic) bond motifs is 1. The van der Waals surface area contributed by atoms with Gasteiger partial charge in [0.25, 0.3) is 5.89 Å². The molecule has 3 aromatic heterocycles. The van der Waals surface area contributed by atoms with Crippen molar-refractivity contribution in [2.75, 3.05) is 6.54 Å². The number of nitrogens with one attached hydrogen (secondary N) is 1. The second-order valence-corrected chi connectivity index (χ2v) is 4.81. The maximum atomic E-state index is 12.4. The molecule has 0 saturated carbocycles. The van der Waals surface area contributed by atoms with E-state index in [1.165, 1.54) is 12.4 Å². The third-order valence-corrected chi connectivity index (χ3v) is 3.45. The highest BCUT2D eigenvalue weighted by atomic mass is 16.4. The first kappa shape index (κ1) is 12.6. The average molecular weight is 297 g/mol. The van der Waals surface area contributed by atoms with Crippen LogP contribution < -0.4 is 0 Å². The van der Waals surface area contributed by atoms with Crippen LogP contribution in [0.1, 0.15) is 22.1 Å². The van der Waals surface area contributed by atoms with Crippen molar-refractivity contribution < 1.29 is 9.21 Å². The molecule has 0 radical (unpaired) electrons. The van der Waals surface area contributed by atoms with E-state index < -0.39 is 0 Å². The van der Waals surface area contributed by atoms with Gasteiger partial charge < -0.3 is 14.3 Å². The number of rotatable bonds is 2. The van der Waals surface area contributed by atoms with Crippen molar-refractivity contribution in [1.29, 1.82) is 0 Å². The Labute approximate surface area is 124 Å². The minimum absolute atomic E-state index is 0.0522. The number of aromatic amines is 1. The van der Waals surface area contributed by atoms with E-state index in [2.05, 4.69) is 30.1 Å². The van der Waals surface area contributed by atoms with Crippen LogP contribution in [0.15, 0.2) is 29.3 Å². The van der Waals surface area contributed by atoms with Crippen LogP contribution in [0.25, 0.3) is 11.6 Å². The quantitative estimate of drug-likeness (QED) is 0.730. The molecule has 110 valence electrons. The van der Waals surface area contributed by atoms with Crippen LogP contribution in [0, 0.1) is 0 Å². The summed E-state index contributed by atoms with van der Waals surface area (Å²) in [5, 5.41) is 7.66. The summed E-state index contributed by atoms with van der Waals surface area (Å²) in [6, 6.07) is 0. The maximum absolute atomic E-state index is 12.4. The van der Waals surface area contributed by atoms with Crippen LogP contribution in [0.4, 0.5) is 0 Å². The van der Waals surface area contributed by atoms with E-state index in [1.807, 2.05) is 0 Å². The molecule has 1 N–H and O–H groups in total. The number of hydrogen-bond acceptors (Lipinski definition) is 7. The second kappa shape index (κ2) is 5.02. The second-order valence-electron chi connectivity index (χ2n) is 4.81. The van der Waals surface area contributed by atoms with Gasteiger partial charge in [0, 0.05) is 25.4 Å². The molecule has 0 bridgehead atoms. The molecule has 22 heavy (non-hydrogen) atoms. The molecule has 1 aliphatic heterocycles. The van der Waals surface area contributed by atoms with Crippen LogP contribution in [-0.4, -0.2) is 47.5 Å². The van der Waals surface area contributed by atoms with Gasteiger partial charge in [0.05, 0.1) is 30.5 Å². The predicted molar refractivity (Wildman–Crippen MR) is 72.4 cm³/mol. The predicted octanol–water partition coefficient (Wildman–Crippen LogP) is 0.448. The smallest absolute Gasteiger partial charge is 0.311 e. The van der Waals surface area contributed by atoms with E-state index in [4.69, 9.17) is 4.42 Å². The van der Waals surface area contributed by atoms with Gasteiger partial charge in [-0.15, -0.1) is 10.2 Å². The summed E-state index contributed by atoms with van der Waals surface area (Å²) in [5.74, 6) is -0.179. The number of imidazole rings is 1. The number of carbonyl (C=O) groups excluding carboxylic acids is 1. The number of nitrogens with zero attached hydrogens (tertiary/aromatic N) is 6. The molecule has 0 aliphatic carbocycles. The Bertz CT molecular complexity index is 811. The van der Waals surface area contributed by atoms with Crippen LogP contribution in [0.3, 0.4) is 0 Å². The fraction of sp³-hybridized carbons (Fsp3) is 0.231. The van der Waals surface area contributed by atoms with Crippen molar-refractivity contribution in [3.8, 4) is 11.6 Å². The normalized spacial score (nSPS) is 13.9. The topological polar surface area (TPSA) is 114 Å². The van der Waals surface area contributed by atoms with Crippen molar-refractivity contribution in [2.45, 2.75) is 13.0 Å². The number of carbonyl (C=O) groups is 1. The zero-order valence-electron chi connectivity index (χ0n) is 11.4. The third kappa shape index (κ3) is 2.12. The van der Waals surface area contributed by atoms with Crippen LogP contribution in [0.2, 0.25) is 0 Å². The van der Waals surface area contributed by atoms with Gasteiger partial charge in [0.15, 0.2) is 0 Å². The summed E-state index contributed by atoms with van der Waals surface area (Å²) in [4.78, 5) is 29.3. The first-order chi connectivity index (χ1) is 10.8.